The van der Waals surface area contributed by atoms with E-state index in [0.717, 1.165) is 109 Å². The first-order valence-corrected chi connectivity index (χ1v) is 31.7. The molecule has 0 radical (unpaired) electrons. The Labute approximate surface area is 464 Å². The van der Waals surface area contributed by atoms with Crippen molar-refractivity contribution in [2.45, 2.75) is 309 Å². The maximum Gasteiger partial charge on any atom is 0.306 e. The van der Waals surface area contributed by atoms with Gasteiger partial charge in [0.2, 0.25) is 0 Å². The molecule has 0 amide bonds. The molecule has 0 aromatic carbocycles. The molecule has 0 aliphatic heterocycles. The summed E-state index contributed by atoms with van der Waals surface area (Å²) in [6.45, 7) is 6.56. The van der Waals surface area contributed by atoms with Crippen LogP contribution in [0.5, 0.6) is 0 Å². The smallest absolute Gasteiger partial charge is 0.306 e. The second-order valence-corrected chi connectivity index (χ2v) is 21.0. The van der Waals surface area contributed by atoms with E-state index < -0.39 is 6.10 Å². The fraction of sp³-hybridized carbons (Fsp3) is 0.725. The summed E-state index contributed by atoms with van der Waals surface area (Å²) >= 11 is 0. The Balaban J connectivity index is 4.49. The lowest BCUT2D eigenvalue weighted by atomic mass is 10.0. The molecule has 0 unspecified atom stereocenters. The zero-order chi connectivity index (χ0) is 54.3. The summed E-state index contributed by atoms with van der Waals surface area (Å²) in [5.74, 6) is -0.952. The van der Waals surface area contributed by atoms with Gasteiger partial charge in [0.05, 0.1) is 0 Å². The van der Waals surface area contributed by atoms with E-state index in [1.165, 1.54) is 154 Å². The van der Waals surface area contributed by atoms with Gasteiger partial charge in [-0.2, -0.15) is 0 Å². The van der Waals surface area contributed by atoms with Gasteiger partial charge in [-0.25, -0.2) is 0 Å². The highest BCUT2D eigenvalue weighted by atomic mass is 16.6. The molecule has 1 atom stereocenters. The van der Waals surface area contributed by atoms with Gasteiger partial charge < -0.3 is 14.2 Å². The molecule has 0 saturated heterocycles. The van der Waals surface area contributed by atoms with E-state index in [4.69, 9.17) is 14.2 Å². The Bertz CT molecular complexity index is 1480. The molecule has 6 heteroatoms. The average molecular weight is 1040 g/mol. The van der Waals surface area contributed by atoms with E-state index in [0.29, 0.717) is 12.8 Å². The van der Waals surface area contributed by atoms with Crippen LogP contribution in [-0.2, 0) is 28.6 Å². The van der Waals surface area contributed by atoms with Crippen molar-refractivity contribution in [2.75, 3.05) is 13.2 Å². The van der Waals surface area contributed by atoms with E-state index in [9.17, 15) is 14.4 Å². The van der Waals surface area contributed by atoms with Crippen molar-refractivity contribution in [3.63, 3.8) is 0 Å². The minimum absolute atomic E-state index is 0.0991. The first-order chi connectivity index (χ1) is 37.0. The monoisotopic (exact) mass is 1040 g/mol. The molecule has 0 N–H and O–H groups in total. The van der Waals surface area contributed by atoms with Crippen molar-refractivity contribution in [1.82, 2.24) is 0 Å². The van der Waals surface area contributed by atoms with Gasteiger partial charge in [0.15, 0.2) is 6.10 Å². The molecule has 6 nitrogen and oxygen atoms in total. The molecule has 0 aromatic rings. The van der Waals surface area contributed by atoms with Gasteiger partial charge >= 0.3 is 17.9 Å². The lowest BCUT2D eigenvalue weighted by Gasteiger charge is -2.18. The number of allylic oxidation sites excluding steroid dienone is 16. The fourth-order valence-electron chi connectivity index (χ4n) is 8.76. The number of hydrogen-bond donors (Lipinski definition) is 0. The predicted octanol–water partition coefficient (Wildman–Crippen LogP) is 21.7. The number of ether oxygens (including phenoxy) is 3. The van der Waals surface area contributed by atoms with Crippen LogP contribution in [0.25, 0.3) is 0 Å². The van der Waals surface area contributed by atoms with Crippen LogP contribution >= 0.6 is 0 Å². The van der Waals surface area contributed by atoms with Gasteiger partial charge in [0.25, 0.3) is 0 Å². The highest BCUT2D eigenvalue weighted by molar-refractivity contribution is 5.71. The fourth-order valence-corrected chi connectivity index (χ4v) is 8.76. The Kier molecular flexibility index (Phi) is 59.8. The number of unbranched alkanes of at least 4 members (excludes halogenated alkanes) is 30. The number of esters is 3. The van der Waals surface area contributed by atoms with Crippen LogP contribution in [0.15, 0.2) is 97.2 Å². The van der Waals surface area contributed by atoms with Crippen LogP contribution in [0, 0.1) is 0 Å². The van der Waals surface area contributed by atoms with Crippen molar-refractivity contribution in [3.05, 3.63) is 97.2 Å². The summed E-state index contributed by atoms with van der Waals surface area (Å²) < 4.78 is 16.9. The van der Waals surface area contributed by atoms with Gasteiger partial charge in [0, 0.05) is 19.3 Å². The topological polar surface area (TPSA) is 78.9 Å². The van der Waals surface area contributed by atoms with Crippen LogP contribution < -0.4 is 0 Å². The normalized spacial score (nSPS) is 12.7. The maximum absolute atomic E-state index is 12.9. The SMILES string of the molecule is CCCCC/C=C\C/C=C\C/C=C\C/C=C\CCCCCC(=O)OC[C@H](COC(=O)CCCCCCCCCCCCCCCCCCCCC)OC(=O)CCCCC/C=C\C/C=C\C/C=C\C/C=C\CCCCC. The highest BCUT2D eigenvalue weighted by Crippen LogP contribution is 2.16. The zero-order valence-electron chi connectivity index (χ0n) is 49.3. The lowest BCUT2D eigenvalue weighted by Crippen LogP contribution is -2.30. The van der Waals surface area contributed by atoms with E-state index in [1.807, 2.05) is 0 Å². The molecule has 0 spiro atoms. The van der Waals surface area contributed by atoms with Crippen molar-refractivity contribution in [1.29, 1.82) is 0 Å². The number of carbonyl (C=O) groups is 3. The first-order valence-electron chi connectivity index (χ1n) is 31.7. The van der Waals surface area contributed by atoms with E-state index in [-0.39, 0.29) is 37.5 Å². The molecule has 0 saturated carbocycles. The zero-order valence-corrected chi connectivity index (χ0v) is 49.3. The molecule has 0 bridgehead atoms. The van der Waals surface area contributed by atoms with Crippen LogP contribution in [0.1, 0.15) is 303 Å². The minimum atomic E-state index is -0.809. The molecule has 0 fully saturated rings. The molecule has 0 rings (SSSR count). The Morgan fingerprint density at radius 2 is 0.480 bits per heavy atom. The third kappa shape index (κ3) is 61.1. The highest BCUT2D eigenvalue weighted by Gasteiger charge is 2.19. The van der Waals surface area contributed by atoms with Gasteiger partial charge in [-0.1, -0.05) is 272 Å². The van der Waals surface area contributed by atoms with Gasteiger partial charge in [-0.15, -0.1) is 0 Å². The molecular weight excluding hydrogens is 925 g/mol. The van der Waals surface area contributed by atoms with Crippen molar-refractivity contribution in [2.24, 2.45) is 0 Å². The van der Waals surface area contributed by atoms with Crippen molar-refractivity contribution < 1.29 is 28.6 Å². The second-order valence-electron chi connectivity index (χ2n) is 21.0. The maximum atomic E-state index is 12.9. The van der Waals surface area contributed by atoms with E-state index in [1.54, 1.807) is 0 Å². The number of carbonyl (C=O) groups excluding carboxylic acids is 3. The predicted molar refractivity (Wildman–Crippen MR) is 325 cm³/mol. The summed E-state index contributed by atoms with van der Waals surface area (Å²) in [6.07, 6.45) is 84.0. The van der Waals surface area contributed by atoms with E-state index in [2.05, 4.69) is 118 Å². The van der Waals surface area contributed by atoms with Gasteiger partial charge in [-0.05, 0) is 109 Å². The molecule has 75 heavy (non-hydrogen) atoms. The summed E-state index contributed by atoms with van der Waals surface area (Å²) in [7, 11) is 0. The van der Waals surface area contributed by atoms with Crippen LogP contribution in [-0.4, -0.2) is 37.2 Å². The average Bonchev–Trinajstić information content (AvgIpc) is 3.41. The standard InChI is InChI=1S/C69H118O6/c1-4-7-10-13-16-19-22-25-28-31-34-37-40-43-46-49-52-55-58-61-67(70)73-64-66(75-69(72)63-60-57-54-51-48-45-42-39-36-33-30-27-24-21-18-15-12-9-6-3)65-74-68(71)62-59-56-53-50-47-44-41-38-35-32-29-26-23-20-17-14-11-8-5-2/h16,18-19,21,25,27-28,30,34,36-37,39,43,45-46,48,66H,4-15,17,20,22-24,26,29,31-33,35,38,40-42,44,47,49-65H2,1-3H3/b19-16-,21-18-,28-25-,30-27-,37-34-,39-36-,46-43-,48-45-/t66-/m1/s1. The molecule has 0 aromatic heterocycles. The summed E-state index contributed by atoms with van der Waals surface area (Å²) in [5.41, 5.74) is 0. The van der Waals surface area contributed by atoms with Gasteiger partial charge in [0.1, 0.15) is 13.2 Å². The first kappa shape index (κ1) is 71.3. The summed E-state index contributed by atoms with van der Waals surface area (Å²) in [4.78, 5) is 38.3. The number of hydrogen-bond acceptors (Lipinski definition) is 6. The quantitative estimate of drug-likeness (QED) is 0.0261. The second kappa shape index (κ2) is 62.9. The van der Waals surface area contributed by atoms with Crippen LogP contribution in [0.4, 0.5) is 0 Å². The molecule has 0 heterocycles. The Morgan fingerprint density at radius 1 is 0.267 bits per heavy atom. The summed E-state index contributed by atoms with van der Waals surface area (Å²) in [6, 6.07) is 0. The molecule has 430 valence electrons. The molecule has 0 aliphatic rings. The van der Waals surface area contributed by atoms with Crippen LogP contribution in [0.3, 0.4) is 0 Å². The molecular formula is C69H118O6. The Morgan fingerprint density at radius 3 is 0.773 bits per heavy atom. The minimum Gasteiger partial charge on any atom is -0.462 e. The van der Waals surface area contributed by atoms with Crippen molar-refractivity contribution >= 4 is 17.9 Å². The summed E-state index contributed by atoms with van der Waals surface area (Å²) in [5, 5.41) is 0. The van der Waals surface area contributed by atoms with Gasteiger partial charge in [-0.3, -0.25) is 14.4 Å². The Hall–Kier alpha value is -3.67. The lowest BCUT2D eigenvalue weighted by molar-refractivity contribution is -0.167. The van der Waals surface area contributed by atoms with Crippen molar-refractivity contribution in [3.8, 4) is 0 Å². The number of rotatable bonds is 57. The van der Waals surface area contributed by atoms with E-state index >= 15 is 0 Å². The molecule has 0 aliphatic carbocycles. The third-order valence-electron chi connectivity index (χ3n) is 13.6. The largest absolute Gasteiger partial charge is 0.462 e. The third-order valence-corrected chi connectivity index (χ3v) is 13.6. The van der Waals surface area contributed by atoms with Crippen LogP contribution in [0.2, 0.25) is 0 Å².